The summed E-state index contributed by atoms with van der Waals surface area (Å²) in [5.41, 5.74) is 2.88. The molecule has 0 aliphatic heterocycles. The lowest BCUT2D eigenvalue weighted by atomic mass is 9.96. The van der Waals surface area contributed by atoms with E-state index in [0.717, 1.165) is 12.0 Å². The molecule has 0 saturated carbocycles. The van der Waals surface area contributed by atoms with E-state index in [4.69, 9.17) is 9.32 Å². The van der Waals surface area contributed by atoms with E-state index in [2.05, 4.69) is 13.8 Å². The van der Waals surface area contributed by atoms with Gasteiger partial charge in [0.15, 0.2) is 0 Å². The van der Waals surface area contributed by atoms with Crippen LogP contribution >= 0.6 is 0 Å². The SMILES string of the molecule is [2H]C([2H])([2H])C(C(=O)NO)c1ccc(CC(C)C)cc1. The maximum atomic E-state index is 11.5. The Hall–Kier alpha value is -1.35. The van der Waals surface area contributed by atoms with Crippen molar-refractivity contribution in [3.8, 4) is 0 Å². The quantitative estimate of drug-likeness (QED) is 0.610. The third-order valence-electron chi connectivity index (χ3n) is 2.33. The van der Waals surface area contributed by atoms with Crippen molar-refractivity contribution in [2.75, 3.05) is 0 Å². The molecule has 1 unspecified atom stereocenters. The summed E-state index contributed by atoms with van der Waals surface area (Å²) in [5, 5.41) is 8.65. The maximum Gasteiger partial charge on any atom is 0.250 e. The van der Waals surface area contributed by atoms with Gasteiger partial charge in [0.25, 0.3) is 5.91 Å². The van der Waals surface area contributed by atoms with Crippen LogP contribution < -0.4 is 5.48 Å². The van der Waals surface area contributed by atoms with Crippen molar-refractivity contribution in [2.45, 2.75) is 33.0 Å². The van der Waals surface area contributed by atoms with Crippen molar-refractivity contribution in [1.82, 2.24) is 5.48 Å². The topological polar surface area (TPSA) is 49.3 Å². The van der Waals surface area contributed by atoms with Crippen LogP contribution in [-0.2, 0) is 11.2 Å². The van der Waals surface area contributed by atoms with Gasteiger partial charge in [-0.05, 0) is 30.3 Å². The van der Waals surface area contributed by atoms with Gasteiger partial charge < -0.3 is 0 Å². The fourth-order valence-corrected chi connectivity index (χ4v) is 1.53. The number of hydrogen-bond donors (Lipinski definition) is 2. The molecule has 1 aromatic carbocycles. The molecule has 1 aromatic rings. The zero-order chi connectivity index (χ0) is 14.6. The molecule has 16 heavy (non-hydrogen) atoms. The van der Waals surface area contributed by atoms with Crippen LogP contribution in [-0.4, -0.2) is 11.1 Å². The lowest BCUT2D eigenvalue weighted by Crippen LogP contribution is -2.24. The number of hydroxylamine groups is 1. The van der Waals surface area contributed by atoms with Gasteiger partial charge in [0, 0.05) is 4.11 Å². The number of rotatable bonds is 4. The van der Waals surface area contributed by atoms with Gasteiger partial charge in [0.1, 0.15) is 0 Å². The average molecular weight is 224 g/mol. The predicted molar refractivity (Wildman–Crippen MR) is 63.3 cm³/mol. The lowest BCUT2D eigenvalue weighted by Gasteiger charge is -2.11. The number of carbonyl (C=O) groups is 1. The number of hydrogen-bond acceptors (Lipinski definition) is 2. The molecule has 0 aromatic heterocycles. The average Bonchev–Trinajstić information content (AvgIpc) is 2.29. The first-order valence-electron chi connectivity index (χ1n) is 6.78. The molecule has 1 amide bonds. The molecule has 1 rings (SSSR count). The first kappa shape index (κ1) is 8.76. The zero-order valence-electron chi connectivity index (χ0n) is 12.5. The first-order chi connectivity index (χ1) is 8.75. The Kier molecular flexibility index (Phi) is 3.10. The smallest absolute Gasteiger partial charge is 0.250 e. The van der Waals surface area contributed by atoms with E-state index in [1.807, 2.05) is 12.1 Å². The third-order valence-corrected chi connectivity index (χ3v) is 2.33. The van der Waals surface area contributed by atoms with Crippen LogP contribution in [0.1, 0.15) is 41.9 Å². The fraction of sp³-hybridized carbons (Fsp3) is 0.462. The third kappa shape index (κ3) is 3.35. The number of amides is 1. The van der Waals surface area contributed by atoms with Crippen molar-refractivity contribution < 1.29 is 14.1 Å². The Morgan fingerprint density at radius 2 is 2.06 bits per heavy atom. The van der Waals surface area contributed by atoms with Crippen molar-refractivity contribution in [2.24, 2.45) is 5.92 Å². The molecule has 0 spiro atoms. The molecular formula is C13H19NO2. The van der Waals surface area contributed by atoms with Crippen LogP contribution in [0.2, 0.25) is 0 Å². The molecule has 0 saturated heterocycles. The van der Waals surface area contributed by atoms with Crippen molar-refractivity contribution in [3.05, 3.63) is 35.4 Å². The number of carbonyl (C=O) groups excluding carboxylic acids is 1. The summed E-state index contributed by atoms with van der Waals surface area (Å²) in [4.78, 5) is 11.5. The Labute approximate surface area is 101 Å². The molecule has 1 atom stereocenters. The molecule has 0 fully saturated rings. The first-order valence-corrected chi connectivity index (χ1v) is 5.28. The Balaban J connectivity index is 3.01. The zero-order valence-corrected chi connectivity index (χ0v) is 9.53. The van der Waals surface area contributed by atoms with Gasteiger partial charge in [-0.2, -0.15) is 0 Å². The monoisotopic (exact) mass is 224 g/mol. The predicted octanol–water partition coefficient (Wildman–Crippen LogP) is 2.49. The standard InChI is InChI=1S/C13H19NO2/c1-9(2)8-11-4-6-12(7-5-11)10(3)13(15)14-16/h4-7,9-10,16H,8H2,1-3H3,(H,14,15)/i3D3. The number of nitrogens with one attached hydrogen (secondary N) is 1. The molecule has 2 N–H and O–H groups in total. The van der Waals surface area contributed by atoms with E-state index in [0.29, 0.717) is 11.5 Å². The molecule has 3 nitrogen and oxygen atoms in total. The fourth-order valence-electron chi connectivity index (χ4n) is 1.53. The summed E-state index contributed by atoms with van der Waals surface area (Å²) in [6.07, 6.45) is 0.894. The van der Waals surface area contributed by atoms with Crippen LogP contribution in [0.15, 0.2) is 24.3 Å². The van der Waals surface area contributed by atoms with E-state index in [1.54, 1.807) is 12.1 Å². The van der Waals surface area contributed by atoms with Gasteiger partial charge in [0.05, 0.1) is 5.92 Å². The van der Waals surface area contributed by atoms with Gasteiger partial charge in [-0.25, -0.2) is 5.48 Å². The Morgan fingerprint density at radius 3 is 2.50 bits per heavy atom. The highest BCUT2D eigenvalue weighted by Gasteiger charge is 2.13. The molecule has 0 radical (unpaired) electrons. The highest BCUT2D eigenvalue weighted by molar-refractivity contribution is 5.82. The summed E-state index contributed by atoms with van der Waals surface area (Å²) in [5.74, 6) is -1.77. The van der Waals surface area contributed by atoms with Crippen molar-refractivity contribution in [3.63, 3.8) is 0 Å². The molecule has 0 aliphatic rings. The van der Waals surface area contributed by atoms with Crippen molar-refractivity contribution in [1.29, 1.82) is 0 Å². The summed E-state index contributed by atoms with van der Waals surface area (Å²) in [6.45, 7) is 1.70. The van der Waals surface area contributed by atoms with Gasteiger partial charge in [-0.1, -0.05) is 38.1 Å². The second kappa shape index (κ2) is 5.66. The minimum atomic E-state index is -2.49. The Bertz CT molecular complexity index is 427. The summed E-state index contributed by atoms with van der Waals surface area (Å²) in [6, 6.07) is 6.89. The number of benzene rings is 1. The van der Waals surface area contributed by atoms with Gasteiger partial charge in [0.2, 0.25) is 0 Å². The largest absolute Gasteiger partial charge is 0.289 e. The highest BCUT2D eigenvalue weighted by Crippen LogP contribution is 2.17. The van der Waals surface area contributed by atoms with E-state index < -0.39 is 18.7 Å². The van der Waals surface area contributed by atoms with Crippen LogP contribution in [0.25, 0.3) is 0 Å². The lowest BCUT2D eigenvalue weighted by molar-refractivity contribution is -0.130. The summed E-state index contributed by atoms with van der Waals surface area (Å²) in [7, 11) is 0. The van der Waals surface area contributed by atoms with Crippen LogP contribution in [0.3, 0.4) is 0 Å². The second-order valence-corrected chi connectivity index (χ2v) is 4.25. The van der Waals surface area contributed by atoms with Gasteiger partial charge in [-0.3, -0.25) is 10.0 Å². The van der Waals surface area contributed by atoms with Crippen LogP contribution in [0.4, 0.5) is 0 Å². The molecule has 0 bridgehead atoms. The normalized spacial score (nSPS) is 16.1. The molecular weight excluding hydrogens is 202 g/mol. The van der Waals surface area contributed by atoms with Gasteiger partial charge >= 0.3 is 0 Å². The van der Waals surface area contributed by atoms with Crippen LogP contribution in [0, 0.1) is 5.92 Å². The minimum Gasteiger partial charge on any atom is -0.289 e. The molecule has 3 heteroatoms. The minimum absolute atomic E-state index is 0.374. The maximum absolute atomic E-state index is 11.5. The van der Waals surface area contributed by atoms with E-state index in [1.165, 1.54) is 5.48 Å². The summed E-state index contributed by atoms with van der Waals surface area (Å²) >= 11 is 0. The molecule has 88 valence electrons. The van der Waals surface area contributed by atoms with E-state index >= 15 is 0 Å². The van der Waals surface area contributed by atoms with Crippen molar-refractivity contribution >= 4 is 5.91 Å². The summed E-state index contributed by atoms with van der Waals surface area (Å²) < 4.78 is 22.2. The second-order valence-electron chi connectivity index (χ2n) is 4.25. The van der Waals surface area contributed by atoms with Crippen LogP contribution in [0.5, 0.6) is 0 Å². The van der Waals surface area contributed by atoms with Gasteiger partial charge in [-0.15, -0.1) is 0 Å². The highest BCUT2D eigenvalue weighted by atomic mass is 16.5. The van der Waals surface area contributed by atoms with E-state index in [-0.39, 0.29) is 0 Å². The molecule has 0 heterocycles. The Morgan fingerprint density at radius 1 is 1.44 bits per heavy atom. The van der Waals surface area contributed by atoms with E-state index in [9.17, 15) is 4.79 Å². The molecule has 0 aliphatic carbocycles.